The maximum Gasteiger partial charge on any atom is 0.0593 e. The molecule has 0 aliphatic rings. The largest absolute Gasteiger partial charge is 0.380 e. The van der Waals surface area contributed by atoms with E-state index in [1.54, 1.807) is 0 Å². The third kappa shape index (κ3) is 3.31. The van der Waals surface area contributed by atoms with Crippen LogP contribution in [0, 0.1) is 20.8 Å². The monoisotopic (exact) mass is 337 g/mol. The van der Waals surface area contributed by atoms with Gasteiger partial charge in [-0.15, -0.1) is 0 Å². The van der Waals surface area contributed by atoms with E-state index in [-0.39, 0.29) is 0 Å². The van der Waals surface area contributed by atoms with Gasteiger partial charge in [0.2, 0.25) is 0 Å². The van der Waals surface area contributed by atoms with Crippen molar-refractivity contribution in [2.24, 2.45) is 0 Å². The van der Waals surface area contributed by atoms with Crippen molar-refractivity contribution >= 4 is 33.2 Å². The predicted octanol–water partition coefficient (Wildman–Crippen LogP) is 5.64. The second-order valence-corrected chi connectivity index (χ2v) is 6.03. The number of hydrogen-bond donors (Lipinski definition) is 1. The van der Waals surface area contributed by atoms with Gasteiger partial charge in [-0.25, -0.2) is 0 Å². The summed E-state index contributed by atoms with van der Waals surface area (Å²) in [5, 5.41) is 4.16. The highest BCUT2D eigenvalue weighted by atomic mass is 79.9. The minimum absolute atomic E-state index is 0.724. The Morgan fingerprint density at radius 2 is 1.74 bits per heavy atom. The van der Waals surface area contributed by atoms with E-state index in [4.69, 9.17) is 11.6 Å². The molecule has 19 heavy (non-hydrogen) atoms. The van der Waals surface area contributed by atoms with Gasteiger partial charge in [-0.1, -0.05) is 35.4 Å². The summed E-state index contributed by atoms with van der Waals surface area (Å²) < 4.78 is 0.916. The van der Waals surface area contributed by atoms with Gasteiger partial charge in [0.15, 0.2) is 0 Å². The highest BCUT2D eigenvalue weighted by molar-refractivity contribution is 9.10. The zero-order valence-corrected chi connectivity index (χ0v) is 13.7. The van der Waals surface area contributed by atoms with E-state index in [2.05, 4.69) is 54.2 Å². The molecule has 0 atom stereocenters. The zero-order valence-electron chi connectivity index (χ0n) is 11.3. The Morgan fingerprint density at radius 1 is 1.11 bits per heavy atom. The van der Waals surface area contributed by atoms with E-state index in [0.29, 0.717) is 0 Å². The van der Waals surface area contributed by atoms with Crippen LogP contribution in [0.3, 0.4) is 0 Å². The average molecular weight is 339 g/mol. The Morgan fingerprint density at radius 3 is 2.37 bits per heavy atom. The molecule has 3 heteroatoms. The van der Waals surface area contributed by atoms with Gasteiger partial charge in [0.1, 0.15) is 0 Å². The lowest BCUT2D eigenvalue weighted by Crippen LogP contribution is -2.04. The average Bonchev–Trinajstić information content (AvgIpc) is 2.33. The highest BCUT2D eigenvalue weighted by Crippen LogP contribution is 2.30. The summed E-state index contributed by atoms with van der Waals surface area (Å²) in [6.45, 7) is 7.25. The first kappa shape index (κ1) is 14.4. The van der Waals surface area contributed by atoms with E-state index in [1.165, 1.54) is 22.3 Å². The number of halogens is 2. The fraction of sp³-hybridized carbons (Fsp3) is 0.250. The number of rotatable bonds is 3. The number of nitrogens with one attached hydrogen (secondary N) is 1. The summed E-state index contributed by atoms with van der Waals surface area (Å²) in [7, 11) is 0. The minimum Gasteiger partial charge on any atom is -0.380 e. The van der Waals surface area contributed by atoms with Crippen LogP contribution in [-0.2, 0) is 6.54 Å². The lowest BCUT2D eigenvalue weighted by molar-refractivity contribution is 1.08. The van der Waals surface area contributed by atoms with Crippen LogP contribution in [-0.4, -0.2) is 0 Å². The molecule has 0 heterocycles. The van der Waals surface area contributed by atoms with Gasteiger partial charge in [0.25, 0.3) is 0 Å². The van der Waals surface area contributed by atoms with E-state index < -0.39 is 0 Å². The van der Waals surface area contributed by atoms with Crippen LogP contribution in [0.2, 0.25) is 5.02 Å². The quantitative estimate of drug-likeness (QED) is 0.763. The van der Waals surface area contributed by atoms with Crippen molar-refractivity contribution in [1.82, 2.24) is 0 Å². The van der Waals surface area contributed by atoms with Gasteiger partial charge in [-0.05, 0) is 65.5 Å². The van der Waals surface area contributed by atoms with Crippen molar-refractivity contribution in [3.8, 4) is 0 Å². The van der Waals surface area contributed by atoms with Gasteiger partial charge in [-0.2, -0.15) is 0 Å². The topological polar surface area (TPSA) is 12.0 Å². The summed E-state index contributed by atoms with van der Waals surface area (Å²) in [5.41, 5.74) is 6.32. The molecule has 0 spiro atoms. The maximum atomic E-state index is 6.09. The van der Waals surface area contributed by atoms with Crippen LogP contribution in [0.5, 0.6) is 0 Å². The number of aryl methyl sites for hydroxylation is 3. The molecule has 0 amide bonds. The predicted molar refractivity (Wildman–Crippen MR) is 87.1 cm³/mol. The van der Waals surface area contributed by atoms with Crippen molar-refractivity contribution in [2.75, 3.05) is 5.32 Å². The van der Waals surface area contributed by atoms with Gasteiger partial charge in [0, 0.05) is 6.54 Å². The third-order valence-corrected chi connectivity index (χ3v) is 4.65. The molecule has 0 saturated heterocycles. The molecule has 0 aliphatic carbocycles. The normalized spacial score (nSPS) is 10.6. The molecular weight excluding hydrogens is 322 g/mol. The molecule has 2 aromatic carbocycles. The Labute approximate surface area is 128 Å². The van der Waals surface area contributed by atoms with E-state index in [9.17, 15) is 0 Å². The van der Waals surface area contributed by atoms with Crippen molar-refractivity contribution in [2.45, 2.75) is 27.3 Å². The van der Waals surface area contributed by atoms with Gasteiger partial charge < -0.3 is 5.32 Å². The Balaban J connectivity index is 2.22. The molecule has 100 valence electrons. The standard InChI is InChI=1S/C16H17BrClN/c1-10-7-11(2)13(12(3)8-10)9-19-15-6-4-5-14(18)16(15)17/h4-8,19H,9H2,1-3H3. The number of benzene rings is 2. The highest BCUT2D eigenvalue weighted by Gasteiger charge is 2.06. The Bertz CT molecular complexity index is 585. The van der Waals surface area contributed by atoms with Crippen LogP contribution in [0.15, 0.2) is 34.8 Å². The van der Waals surface area contributed by atoms with Crippen molar-refractivity contribution in [1.29, 1.82) is 0 Å². The summed E-state index contributed by atoms with van der Waals surface area (Å²) in [6.07, 6.45) is 0. The van der Waals surface area contributed by atoms with Crippen LogP contribution in [0.4, 0.5) is 5.69 Å². The van der Waals surface area contributed by atoms with E-state index in [1.807, 2.05) is 18.2 Å². The maximum absolute atomic E-state index is 6.09. The first-order chi connectivity index (χ1) is 8.99. The molecule has 1 N–H and O–H groups in total. The van der Waals surface area contributed by atoms with Crippen LogP contribution >= 0.6 is 27.5 Å². The fourth-order valence-corrected chi connectivity index (χ4v) is 2.89. The lowest BCUT2D eigenvalue weighted by Gasteiger charge is -2.14. The van der Waals surface area contributed by atoms with Crippen LogP contribution < -0.4 is 5.32 Å². The molecule has 0 unspecified atom stereocenters. The molecule has 0 aliphatic heterocycles. The molecule has 2 rings (SSSR count). The Kier molecular flexibility index (Phi) is 4.54. The summed E-state index contributed by atoms with van der Waals surface area (Å²) in [5.74, 6) is 0. The van der Waals surface area contributed by atoms with Crippen molar-refractivity contribution in [3.05, 3.63) is 62.1 Å². The lowest BCUT2D eigenvalue weighted by atomic mass is 10.00. The second kappa shape index (κ2) is 5.98. The molecule has 1 nitrogen and oxygen atoms in total. The molecule has 0 aromatic heterocycles. The van der Waals surface area contributed by atoms with Gasteiger partial charge in [-0.3, -0.25) is 0 Å². The molecule has 0 radical (unpaired) electrons. The first-order valence-electron chi connectivity index (χ1n) is 6.23. The van der Waals surface area contributed by atoms with Crippen LogP contribution in [0.25, 0.3) is 0 Å². The smallest absolute Gasteiger partial charge is 0.0593 e. The summed E-state index contributed by atoms with van der Waals surface area (Å²) >= 11 is 9.60. The summed E-state index contributed by atoms with van der Waals surface area (Å²) in [4.78, 5) is 0. The molecule has 0 saturated carbocycles. The van der Waals surface area contributed by atoms with Crippen LogP contribution in [0.1, 0.15) is 22.3 Å². The van der Waals surface area contributed by atoms with Gasteiger partial charge >= 0.3 is 0 Å². The Hall–Kier alpha value is -0.990. The SMILES string of the molecule is Cc1cc(C)c(CNc2cccc(Cl)c2Br)c(C)c1. The first-order valence-corrected chi connectivity index (χ1v) is 7.40. The van der Waals surface area contributed by atoms with Gasteiger partial charge in [0.05, 0.1) is 15.2 Å². The number of hydrogen-bond acceptors (Lipinski definition) is 1. The third-order valence-electron chi connectivity index (χ3n) is 3.25. The molecule has 2 aromatic rings. The number of anilines is 1. The molecular formula is C16H17BrClN. The van der Waals surface area contributed by atoms with Crippen molar-refractivity contribution < 1.29 is 0 Å². The molecule has 0 bridgehead atoms. The van der Waals surface area contributed by atoms with E-state index >= 15 is 0 Å². The van der Waals surface area contributed by atoms with Crippen molar-refractivity contribution in [3.63, 3.8) is 0 Å². The molecule has 0 fully saturated rings. The van der Waals surface area contributed by atoms with E-state index in [0.717, 1.165) is 21.7 Å². The zero-order chi connectivity index (χ0) is 14.0. The minimum atomic E-state index is 0.724. The fourth-order valence-electron chi connectivity index (χ4n) is 2.31. The second-order valence-electron chi connectivity index (χ2n) is 4.83. The summed E-state index contributed by atoms with van der Waals surface area (Å²) in [6, 6.07) is 10.3.